The molecule has 1 fully saturated rings. The zero-order chi connectivity index (χ0) is 21.6. The first-order valence-electron chi connectivity index (χ1n) is 9.50. The monoisotopic (exact) mass is 413 g/mol. The SMILES string of the molecule is CC(=O)NC1CCC(C(F)(F)F)N(C(=O)CN(CCc2ccccc2)C(C)=O)C1. The van der Waals surface area contributed by atoms with Crippen molar-refractivity contribution in [1.29, 1.82) is 0 Å². The zero-order valence-corrected chi connectivity index (χ0v) is 16.5. The van der Waals surface area contributed by atoms with E-state index in [-0.39, 0.29) is 37.7 Å². The maximum atomic E-state index is 13.4. The molecule has 29 heavy (non-hydrogen) atoms. The number of carbonyl (C=O) groups excluding carboxylic acids is 3. The van der Waals surface area contributed by atoms with E-state index in [9.17, 15) is 27.6 Å². The summed E-state index contributed by atoms with van der Waals surface area (Å²) in [5, 5.41) is 2.58. The minimum absolute atomic E-state index is 0.137. The van der Waals surface area contributed by atoms with E-state index in [1.807, 2.05) is 30.3 Å². The lowest BCUT2D eigenvalue weighted by Crippen LogP contribution is -2.59. The third-order valence-electron chi connectivity index (χ3n) is 4.97. The van der Waals surface area contributed by atoms with Crippen LogP contribution in [0.5, 0.6) is 0 Å². The summed E-state index contributed by atoms with van der Waals surface area (Å²) in [4.78, 5) is 38.0. The number of hydrogen-bond donors (Lipinski definition) is 1. The summed E-state index contributed by atoms with van der Waals surface area (Å²) in [5.74, 6) is -1.51. The molecule has 0 aromatic heterocycles. The maximum absolute atomic E-state index is 13.4. The van der Waals surface area contributed by atoms with Crippen molar-refractivity contribution >= 4 is 17.7 Å². The van der Waals surface area contributed by atoms with Gasteiger partial charge in [0.15, 0.2) is 0 Å². The van der Waals surface area contributed by atoms with E-state index in [1.165, 1.54) is 18.7 Å². The number of carbonyl (C=O) groups is 3. The van der Waals surface area contributed by atoms with Crippen molar-refractivity contribution in [3.05, 3.63) is 35.9 Å². The number of halogens is 3. The lowest BCUT2D eigenvalue weighted by molar-refractivity contribution is -0.197. The molecule has 160 valence electrons. The van der Waals surface area contributed by atoms with Crippen LogP contribution in [0, 0.1) is 0 Å². The molecule has 1 saturated heterocycles. The quantitative estimate of drug-likeness (QED) is 0.777. The number of likely N-dealkylation sites (tertiary alicyclic amines) is 1. The normalized spacial score (nSPS) is 19.6. The molecule has 6 nitrogen and oxygen atoms in total. The van der Waals surface area contributed by atoms with Gasteiger partial charge >= 0.3 is 6.18 Å². The van der Waals surface area contributed by atoms with E-state index in [2.05, 4.69) is 5.32 Å². The predicted molar refractivity (Wildman–Crippen MR) is 101 cm³/mol. The van der Waals surface area contributed by atoms with E-state index in [1.54, 1.807) is 0 Å². The van der Waals surface area contributed by atoms with Crippen LogP contribution in [0.3, 0.4) is 0 Å². The highest BCUT2D eigenvalue weighted by Gasteiger charge is 2.48. The van der Waals surface area contributed by atoms with Gasteiger partial charge in [-0.3, -0.25) is 14.4 Å². The molecule has 0 saturated carbocycles. The van der Waals surface area contributed by atoms with Crippen LogP contribution in [0.25, 0.3) is 0 Å². The van der Waals surface area contributed by atoms with E-state index in [0.717, 1.165) is 10.5 Å². The molecular weight excluding hydrogens is 387 g/mol. The highest BCUT2D eigenvalue weighted by molar-refractivity contribution is 5.84. The fourth-order valence-corrected chi connectivity index (χ4v) is 3.50. The first-order chi connectivity index (χ1) is 13.6. The Kier molecular flexibility index (Phi) is 7.64. The van der Waals surface area contributed by atoms with Crippen molar-refractivity contribution in [1.82, 2.24) is 15.1 Å². The van der Waals surface area contributed by atoms with Crippen LogP contribution in [-0.2, 0) is 20.8 Å². The zero-order valence-electron chi connectivity index (χ0n) is 16.5. The Hall–Kier alpha value is -2.58. The Labute approximate surface area is 168 Å². The van der Waals surface area contributed by atoms with E-state index < -0.39 is 30.7 Å². The van der Waals surface area contributed by atoms with E-state index in [4.69, 9.17) is 0 Å². The second-order valence-corrected chi connectivity index (χ2v) is 7.25. The van der Waals surface area contributed by atoms with Crippen LogP contribution >= 0.6 is 0 Å². The molecule has 0 aliphatic carbocycles. The van der Waals surface area contributed by atoms with Crippen molar-refractivity contribution in [3.8, 4) is 0 Å². The number of alkyl halides is 3. The van der Waals surface area contributed by atoms with Crippen LogP contribution < -0.4 is 5.32 Å². The van der Waals surface area contributed by atoms with E-state index in [0.29, 0.717) is 6.42 Å². The summed E-state index contributed by atoms with van der Waals surface area (Å²) in [5.41, 5.74) is 0.961. The smallest absolute Gasteiger partial charge is 0.352 e. The predicted octanol–water partition coefficient (Wildman–Crippen LogP) is 2.14. The molecule has 3 amide bonds. The summed E-state index contributed by atoms with van der Waals surface area (Å²) in [6, 6.07) is 6.86. The van der Waals surface area contributed by atoms with Crippen molar-refractivity contribution < 1.29 is 27.6 Å². The topological polar surface area (TPSA) is 69.7 Å². The number of amides is 3. The summed E-state index contributed by atoms with van der Waals surface area (Å²) < 4.78 is 40.3. The molecule has 2 unspecified atom stereocenters. The highest BCUT2D eigenvalue weighted by atomic mass is 19.4. The summed E-state index contributed by atoms with van der Waals surface area (Å²) >= 11 is 0. The number of benzene rings is 1. The van der Waals surface area contributed by atoms with Gasteiger partial charge < -0.3 is 15.1 Å². The summed E-state index contributed by atoms with van der Waals surface area (Å²) in [6.07, 6.45) is -4.23. The summed E-state index contributed by atoms with van der Waals surface area (Å²) in [7, 11) is 0. The Bertz CT molecular complexity index is 725. The van der Waals surface area contributed by atoms with Crippen molar-refractivity contribution in [2.45, 2.75) is 51.4 Å². The molecule has 2 atom stereocenters. The number of rotatable bonds is 6. The largest absolute Gasteiger partial charge is 0.408 e. The lowest BCUT2D eigenvalue weighted by Gasteiger charge is -2.41. The molecule has 2 rings (SSSR count). The molecule has 1 aromatic carbocycles. The molecule has 1 aliphatic rings. The fourth-order valence-electron chi connectivity index (χ4n) is 3.50. The Morgan fingerprint density at radius 3 is 2.34 bits per heavy atom. The summed E-state index contributed by atoms with van der Waals surface area (Å²) in [6.45, 7) is 2.14. The van der Waals surface area contributed by atoms with Crippen molar-refractivity contribution in [3.63, 3.8) is 0 Å². The molecule has 1 N–H and O–H groups in total. The van der Waals surface area contributed by atoms with Gasteiger partial charge in [0.05, 0.1) is 6.54 Å². The van der Waals surface area contributed by atoms with Crippen molar-refractivity contribution in [2.24, 2.45) is 0 Å². The van der Waals surface area contributed by atoms with Crippen LogP contribution in [0.2, 0.25) is 0 Å². The molecule has 0 bridgehead atoms. The fraction of sp³-hybridized carbons (Fsp3) is 0.550. The van der Waals surface area contributed by atoms with Gasteiger partial charge in [-0.1, -0.05) is 30.3 Å². The van der Waals surface area contributed by atoms with Gasteiger partial charge in [-0.2, -0.15) is 13.2 Å². The molecule has 0 spiro atoms. The first kappa shape index (κ1) is 22.7. The molecule has 1 aliphatic heterocycles. The second-order valence-electron chi connectivity index (χ2n) is 7.25. The minimum atomic E-state index is -4.57. The van der Waals surface area contributed by atoms with Gasteiger partial charge in [0, 0.05) is 33.0 Å². The number of nitrogens with zero attached hydrogens (tertiary/aromatic N) is 2. The highest BCUT2D eigenvalue weighted by Crippen LogP contribution is 2.32. The average Bonchev–Trinajstić information content (AvgIpc) is 2.64. The average molecular weight is 413 g/mol. The minimum Gasteiger partial charge on any atom is -0.352 e. The van der Waals surface area contributed by atoms with Crippen LogP contribution in [-0.4, -0.2) is 65.4 Å². The molecule has 1 heterocycles. The van der Waals surface area contributed by atoms with Crippen LogP contribution in [0.4, 0.5) is 13.2 Å². The third-order valence-corrected chi connectivity index (χ3v) is 4.97. The van der Waals surface area contributed by atoms with Crippen molar-refractivity contribution in [2.75, 3.05) is 19.6 Å². The number of nitrogens with one attached hydrogen (secondary N) is 1. The molecule has 0 radical (unpaired) electrons. The number of piperidine rings is 1. The standard InChI is InChI=1S/C20H26F3N3O3/c1-14(27)24-17-8-9-18(20(21,22)23)26(12-17)19(29)13-25(15(2)28)11-10-16-6-4-3-5-7-16/h3-7,17-18H,8-13H2,1-2H3,(H,24,27). The Morgan fingerprint density at radius 1 is 1.14 bits per heavy atom. The van der Waals surface area contributed by atoms with Gasteiger partial charge in [0.1, 0.15) is 6.04 Å². The van der Waals surface area contributed by atoms with E-state index >= 15 is 0 Å². The number of hydrogen-bond acceptors (Lipinski definition) is 3. The third kappa shape index (κ3) is 6.76. The first-order valence-corrected chi connectivity index (χ1v) is 9.50. The van der Waals surface area contributed by atoms with Gasteiger partial charge in [-0.15, -0.1) is 0 Å². The Balaban J connectivity index is 2.08. The van der Waals surface area contributed by atoms with Gasteiger partial charge in [-0.05, 0) is 24.8 Å². The van der Waals surface area contributed by atoms with Gasteiger partial charge in [-0.25, -0.2) is 0 Å². The van der Waals surface area contributed by atoms with Crippen LogP contribution in [0.1, 0.15) is 32.3 Å². The van der Waals surface area contributed by atoms with Crippen LogP contribution in [0.15, 0.2) is 30.3 Å². The van der Waals surface area contributed by atoms with Gasteiger partial charge in [0.25, 0.3) is 0 Å². The Morgan fingerprint density at radius 2 is 1.79 bits per heavy atom. The second kappa shape index (κ2) is 9.76. The maximum Gasteiger partial charge on any atom is 0.408 e. The lowest BCUT2D eigenvalue weighted by atomic mass is 9.97. The molecular formula is C20H26F3N3O3. The molecule has 1 aromatic rings. The molecule has 9 heteroatoms. The van der Waals surface area contributed by atoms with Gasteiger partial charge in [0.2, 0.25) is 17.7 Å².